The molecule has 4 aromatic rings. The number of hydrogen-bond donors (Lipinski definition) is 0. The smallest absolute Gasteiger partial charge is 0.296 e. The number of sulfonamides is 1. The summed E-state index contributed by atoms with van der Waals surface area (Å²) in [7, 11) is -1.08. The lowest BCUT2D eigenvalue weighted by Crippen LogP contribution is -2.41. The molecular formula is C32H35ClN4O4S. The molecule has 1 atom stereocenters. The van der Waals surface area contributed by atoms with Gasteiger partial charge in [-0.25, -0.2) is 13.1 Å². The van der Waals surface area contributed by atoms with Crippen molar-refractivity contribution in [3.05, 3.63) is 111 Å². The van der Waals surface area contributed by atoms with E-state index in [1.54, 1.807) is 42.9 Å². The van der Waals surface area contributed by atoms with Gasteiger partial charge in [-0.3, -0.25) is 18.6 Å². The van der Waals surface area contributed by atoms with Gasteiger partial charge in [0.05, 0.1) is 16.3 Å². The highest BCUT2D eigenvalue weighted by molar-refractivity contribution is 7.92. The molecule has 0 bridgehead atoms. The second-order valence-corrected chi connectivity index (χ2v) is 13.1. The maximum absolute atomic E-state index is 13.9. The van der Waals surface area contributed by atoms with Crippen LogP contribution in [0.4, 0.5) is 5.69 Å². The average Bonchev–Trinajstić information content (AvgIpc) is 3.12. The van der Waals surface area contributed by atoms with Gasteiger partial charge in [0.25, 0.3) is 21.5 Å². The number of carbonyl (C=O) groups excluding carboxylic acids is 1. The molecule has 5 rings (SSSR count). The third-order valence-electron chi connectivity index (χ3n) is 8.13. The highest BCUT2D eigenvalue weighted by Crippen LogP contribution is 2.28. The maximum Gasteiger partial charge on any atom is 0.296 e. The predicted octanol–water partition coefficient (Wildman–Crippen LogP) is 5.59. The number of aromatic nitrogens is 2. The zero-order valence-corrected chi connectivity index (χ0v) is 25.6. The summed E-state index contributed by atoms with van der Waals surface area (Å²) < 4.78 is 31.8. The fourth-order valence-corrected chi connectivity index (χ4v) is 7.23. The van der Waals surface area contributed by atoms with Crippen molar-refractivity contribution in [3.8, 4) is 5.69 Å². The van der Waals surface area contributed by atoms with E-state index in [1.165, 1.54) is 23.9 Å². The first-order valence-electron chi connectivity index (χ1n) is 14.1. The van der Waals surface area contributed by atoms with E-state index in [1.807, 2.05) is 47.4 Å². The topological polar surface area (TPSA) is 84.6 Å². The monoisotopic (exact) mass is 606 g/mol. The van der Waals surface area contributed by atoms with Crippen molar-refractivity contribution in [2.75, 3.05) is 17.9 Å². The van der Waals surface area contributed by atoms with Crippen molar-refractivity contribution < 1.29 is 13.2 Å². The SMILES string of the molecule is Cc1c(N(C)S(=O)(=O)c2cccc(C(=O)N3CCCCCC3Cc3ccccc3Cl)c2)c(=O)n(-c2ccccc2)n1C. The van der Waals surface area contributed by atoms with Crippen LogP contribution in [0, 0.1) is 6.92 Å². The van der Waals surface area contributed by atoms with Gasteiger partial charge in [-0.2, -0.15) is 0 Å². The molecule has 0 N–H and O–H groups in total. The van der Waals surface area contributed by atoms with Crippen LogP contribution in [-0.4, -0.2) is 48.2 Å². The molecule has 220 valence electrons. The molecule has 1 amide bonds. The van der Waals surface area contributed by atoms with Gasteiger partial charge in [0.1, 0.15) is 5.69 Å². The quantitative estimate of drug-likeness (QED) is 0.274. The number of hydrogen-bond acceptors (Lipinski definition) is 4. The second kappa shape index (κ2) is 12.2. The molecule has 0 spiro atoms. The Morgan fingerprint density at radius 1 is 0.976 bits per heavy atom. The van der Waals surface area contributed by atoms with Crippen molar-refractivity contribution >= 4 is 33.2 Å². The van der Waals surface area contributed by atoms with Gasteiger partial charge in [0.2, 0.25) is 0 Å². The fraction of sp³-hybridized carbons (Fsp3) is 0.312. The number of rotatable bonds is 7. The minimum atomic E-state index is -4.17. The fourth-order valence-electron chi connectivity index (χ4n) is 5.73. The standard InChI is InChI=1S/C32H35ClN4O4S/c1-23-30(32(39)37(34(23)2)26-15-6-4-7-16-26)35(3)42(40,41)28-18-12-14-25(22-28)31(38)36-20-11-5-8-17-27(36)21-24-13-9-10-19-29(24)33/h4,6-7,9-10,12-16,18-19,22,27H,5,8,11,17,20-21H2,1-3H3. The van der Waals surface area contributed by atoms with Gasteiger partial charge < -0.3 is 4.90 Å². The van der Waals surface area contributed by atoms with E-state index in [0.717, 1.165) is 35.6 Å². The van der Waals surface area contributed by atoms with Crippen LogP contribution in [-0.2, 0) is 23.5 Å². The molecule has 1 saturated heterocycles. The number of likely N-dealkylation sites (tertiary alicyclic amines) is 1. The largest absolute Gasteiger partial charge is 0.335 e. The van der Waals surface area contributed by atoms with Crippen molar-refractivity contribution in [2.24, 2.45) is 7.05 Å². The van der Waals surface area contributed by atoms with E-state index in [-0.39, 0.29) is 22.5 Å². The van der Waals surface area contributed by atoms with Crippen molar-refractivity contribution in [1.29, 1.82) is 0 Å². The highest BCUT2D eigenvalue weighted by Gasteiger charge is 2.31. The van der Waals surface area contributed by atoms with Gasteiger partial charge in [-0.05, 0) is 68.1 Å². The number of carbonyl (C=O) groups is 1. The number of para-hydroxylation sites is 1. The third-order valence-corrected chi connectivity index (χ3v) is 10.3. The molecule has 1 fully saturated rings. The Bertz CT molecular complexity index is 1760. The van der Waals surface area contributed by atoms with E-state index in [0.29, 0.717) is 34.9 Å². The van der Waals surface area contributed by atoms with Crippen LogP contribution in [0.1, 0.15) is 47.3 Å². The Labute approximate surface area is 251 Å². The summed E-state index contributed by atoms with van der Waals surface area (Å²) in [5, 5.41) is 0.674. The third kappa shape index (κ3) is 5.63. The number of nitrogens with zero attached hydrogens (tertiary/aromatic N) is 4. The van der Waals surface area contributed by atoms with Crippen LogP contribution in [0.25, 0.3) is 5.69 Å². The Hall–Kier alpha value is -3.82. The van der Waals surface area contributed by atoms with Crippen LogP contribution >= 0.6 is 11.6 Å². The van der Waals surface area contributed by atoms with Crippen molar-refractivity contribution in [1.82, 2.24) is 14.3 Å². The molecule has 1 unspecified atom stereocenters. The molecule has 3 aromatic carbocycles. The second-order valence-electron chi connectivity index (χ2n) is 10.7. The van der Waals surface area contributed by atoms with Crippen molar-refractivity contribution in [2.45, 2.75) is 50.0 Å². The van der Waals surface area contributed by atoms with E-state index < -0.39 is 15.6 Å². The van der Waals surface area contributed by atoms with Gasteiger partial charge in [0.15, 0.2) is 0 Å². The van der Waals surface area contributed by atoms with E-state index in [9.17, 15) is 18.0 Å². The molecule has 0 saturated carbocycles. The Kier molecular flexibility index (Phi) is 8.61. The van der Waals surface area contributed by atoms with Crippen LogP contribution < -0.4 is 9.86 Å². The number of anilines is 1. The summed E-state index contributed by atoms with van der Waals surface area (Å²) in [6.45, 7) is 2.30. The Morgan fingerprint density at radius 2 is 1.69 bits per heavy atom. The molecule has 1 aromatic heterocycles. The van der Waals surface area contributed by atoms with Crippen LogP contribution in [0.15, 0.2) is 88.6 Å². The summed E-state index contributed by atoms with van der Waals surface area (Å²) in [6.07, 6.45) is 4.40. The maximum atomic E-state index is 13.9. The number of benzene rings is 3. The molecule has 10 heteroatoms. The summed E-state index contributed by atoms with van der Waals surface area (Å²) >= 11 is 6.45. The van der Waals surface area contributed by atoms with Gasteiger partial charge in [-0.1, -0.05) is 66.9 Å². The lowest BCUT2D eigenvalue weighted by molar-refractivity contribution is 0.0682. The molecule has 8 nitrogen and oxygen atoms in total. The van der Waals surface area contributed by atoms with E-state index in [2.05, 4.69) is 0 Å². The Balaban J connectivity index is 1.46. The summed E-state index contributed by atoms with van der Waals surface area (Å²) in [5.41, 5.74) is 2.00. The number of amides is 1. The van der Waals surface area contributed by atoms with Crippen molar-refractivity contribution in [3.63, 3.8) is 0 Å². The summed E-state index contributed by atoms with van der Waals surface area (Å²) in [4.78, 5) is 29.2. The van der Waals surface area contributed by atoms with Crippen LogP contribution in [0.3, 0.4) is 0 Å². The summed E-state index contributed by atoms with van der Waals surface area (Å²) in [6, 6.07) is 22.8. The van der Waals surface area contributed by atoms with Crippen LogP contribution in [0.5, 0.6) is 0 Å². The highest BCUT2D eigenvalue weighted by atomic mass is 35.5. The normalized spacial score (nSPS) is 15.8. The predicted molar refractivity (Wildman–Crippen MR) is 166 cm³/mol. The molecular weight excluding hydrogens is 572 g/mol. The zero-order valence-electron chi connectivity index (χ0n) is 24.0. The van der Waals surface area contributed by atoms with E-state index >= 15 is 0 Å². The molecule has 2 heterocycles. The van der Waals surface area contributed by atoms with Gasteiger partial charge in [-0.15, -0.1) is 0 Å². The minimum absolute atomic E-state index is 0.0467. The van der Waals surface area contributed by atoms with E-state index in [4.69, 9.17) is 11.6 Å². The first-order chi connectivity index (χ1) is 20.1. The first kappa shape index (κ1) is 29.7. The molecule has 0 aliphatic carbocycles. The van der Waals surface area contributed by atoms with Gasteiger partial charge >= 0.3 is 0 Å². The lowest BCUT2D eigenvalue weighted by Gasteiger charge is -2.31. The molecule has 0 radical (unpaired) electrons. The van der Waals surface area contributed by atoms with Gasteiger partial charge in [0, 0.05) is 37.3 Å². The first-order valence-corrected chi connectivity index (χ1v) is 15.9. The minimum Gasteiger partial charge on any atom is -0.335 e. The Morgan fingerprint density at radius 3 is 2.43 bits per heavy atom. The zero-order chi connectivity index (χ0) is 30.0. The lowest BCUT2D eigenvalue weighted by atomic mass is 10.00. The molecule has 42 heavy (non-hydrogen) atoms. The van der Waals surface area contributed by atoms with Crippen LogP contribution in [0.2, 0.25) is 5.02 Å². The molecule has 1 aliphatic rings. The number of halogens is 1. The molecule has 1 aliphatic heterocycles. The summed E-state index contributed by atoms with van der Waals surface area (Å²) in [5.74, 6) is -0.212. The average molecular weight is 607 g/mol.